The molecular weight excluding hydrogens is 340 g/mol. The van der Waals surface area contributed by atoms with Crippen molar-refractivity contribution in [1.82, 2.24) is 20.1 Å². The zero-order valence-electron chi connectivity index (χ0n) is 16.0. The quantitative estimate of drug-likeness (QED) is 0.860. The van der Waals surface area contributed by atoms with E-state index in [1.807, 2.05) is 23.2 Å². The van der Waals surface area contributed by atoms with Crippen LogP contribution >= 0.6 is 0 Å². The Balaban J connectivity index is 1.22. The predicted molar refractivity (Wildman–Crippen MR) is 103 cm³/mol. The van der Waals surface area contributed by atoms with Crippen LogP contribution in [0.3, 0.4) is 0 Å². The minimum Gasteiger partial charge on any atom is -0.353 e. The standard InChI is InChI=1S/C21H30N4O2/c26-20-13-16(14-25(20)19-6-1-2-7-19)21(27)23-17-8-11-24(12-9-17)15-18-5-3-4-10-22-18/h3-5,10,16-17,19H,1-2,6-9,11-15H2,(H,23,27). The summed E-state index contributed by atoms with van der Waals surface area (Å²) in [5.74, 6) is 0.0869. The Morgan fingerprint density at radius 1 is 1.15 bits per heavy atom. The van der Waals surface area contributed by atoms with Crippen LogP contribution in [-0.2, 0) is 16.1 Å². The second-order valence-electron chi connectivity index (χ2n) is 8.27. The molecule has 4 rings (SSSR count). The van der Waals surface area contributed by atoms with Gasteiger partial charge in [0.1, 0.15) is 0 Å². The van der Waals surface area contributed by atoms with Crippen LogP contribution < -0.4 is 5.32 Å². The fourth-order valence-corrected chi connectivity index (χ4v) is 4.75. The molecule has 0 radical (unpaired) electrons. The topological polar surface area (TPSA) is 65.5 Å². The van der Waals surface area contributed by atoms with Crippen molar-refractivity contribution in [3.8, 4) is 0 Å². The van der Waals surface area contributed by atoms with E-state index in [2.05, 4.69) is 21.3 Å². The van der Waals surface area contributed by atoms with Crippen LogP contribution in [-0.4, -0.2) is 58.3 Å². The van der Waals surface area contributed by atoms with Crippen LogP contribution in [0.25, 0.3) is 0 Å². The molecule has 1 unspecified atom stereocenters. The van der Waals surface area contributed by atoms with Crippen LogP contribution in [0.2, 0.25) is 0 Å². The molecule has 6 heteroatoms. The van der Waals surface area contributed by atoms with Gasteiger partial charge in [0, 0.05) is 50.9 Å². The van der Waals surface area contributed by atoms with E-state index < -0.39 is 0 Å². The number of carbonyl (C=O) groups is 2. The Kier molecular flexibility index (Phi) is 5.72. The van der Waals surface area contributed by atoms with Crippen LogP contribution in [0.4, 0.5) is 0 Å². The lowest BCUT2D eigenvalue weighted by Crippen LogP contribution is -2.46. The highest BCUT2D eigenvalue weighted by atomic mass is 16.2. The summed E-state index contributed by atoms with van der Waals surface area (Å²) >= 11 is 0. The smallest absolute Gasteiger partial charge is 0.225 e. The maximum Gasteiger partial charge on any atom is 0.225 e. The Morgan fingerprint density at radius 3 is 2.63 bits per heavy atom. The number of hydrogen-bond acceptors (Lipinski definition) is 4. The lowest BCUT2D eigenvalue weighted by molar-refractivity contribution is -0.130. The zero-order valence-corrected chi connectivity index (χ0v) is 16.0. The average Bonchev–Trinajstić information content (AvgIpc) is 3.34. The first-order chi connectivity index (χ1) is 13.2. The Labute approximate surface area is 161 Å². The molecule has 3 aliphatic rings. The van der Waals surface area contributed by atoms with Gasteiger partial charge in [-0.25, -0.2) is 0 Å². The maximum atomic E-state index is 12.7. The van der Waals surface area contributed by atoms with Gasteiger partial charge in [-0.05, 0) is 37.8 Å². The molecule has 1 aliphatic carbocycles. The Morgan fingerprint density at radius 2 is 1.93 bits per heavy atom. The van der Waals surface area contributed by atoms with Gasteiger partial charge in [-0.1, -0.05) is 18.9 Å². The first-order valence-corrected chi connectivity index (χ1v) is 10.4. The van der Waals surface area contributed by atoms with Crippen LogP contribution in [0.1, 0.15) is 50.6 Å². The van der Waals surface area contributed by atoms with Crippen molar-refractivity contribution in [2.45, 2.75) is 63.6 Å². The molecule has 1 aromatic rings. The van der Waals surface area contributed by atoms with Crippen molar-refractivity contribution < 1.29 is 9.59 Å². The van der Waals surface area contributed by atoms with E-state index in [9.17, 15) is 9.59 Å². The second-order valence-corrected chi connectivity index (χ2v) is 8.27. The number of amides is 2. The van der Waals surface area contributed by atoms with Gasteiger partial charge in [0.05, 0.1) is 11.6 Å². The molecule has 1 saturated carbocycles. The molecule has 2 saturated heterocycles. The van der Waals surface area contributed by atoms with E-state index >= 15 is 0 Å². The molecule has 1 atom stereocenters. The van der Waals surface area contributed by atoms with Gasteiger partial charge in [0.25, 0.3) is 0 Å². The fourth-order valence-electron chi connectivity index (χ4n) is 4.75. The van der Waals surface area contributed by atoms with Gasteiger partial charge in [-0.15, -0.1) is 0 Å². The molecule has 146 valence electrons. The number of likely N-dealkylation sites (tertiary alicyclic amines) is 2. The van der Waals surface area contributed by atoms with Gasteiger partial charge < -0.3 is 10.2 Å². The predicted octanol–water partition coefficient (Wildman–Crippen LogP) is 1.95. The molecule has 0 bridgehead atoms. The number of nitrogens with one attached hydrogen (secondary N) is 1. The van der Waals surface area contributed by atoms with Gasteiger partial charge >= 0.3 is 0 Å². The third-order valence-corrected chi connectivity index (χ3v) is 6.34. The summed E-state index contributed by atoms with van der Waals surface area (Å²) in [5.41, 5.74) is 1.09. The van der Waals surface area contributed by atoms with E-state index in [1.54, 1.807) is 0 Å². The summed E-state index contributed by atoms with van der Waals surface area (Å²) < 4.78 is 0. The zero-order chi connectivity index (χ0) is 18.6. The molecule has 0 spiro atoms. The molecule has 1 N–H and O–H groups in total. The molecule has 0 aromatic carbocycles. The molecule has 1 aromatic heterocycles. The van der Waals surface area contributed by atoms with Crippen LogP contribution in [0, 0.1) is 5.92 Å². The highest BCUT2D eigenvalue weighted by Gasteiger charge is 2.39. The van der Waals surface area contributed by atoms with Crippen molar-refractivity contribution in [1.29, 1.82) is 0 Å². The summed E-state index contributed by atoms with van der Waals surface area (Å²) in [6.07, 6.45) is 8.78. The largest absolute Gasteiger partial charge is 0.353 e. The summed E-state index contributed by atoms with van der Waals surface area (Å²) in [6, 6.07) is 6.62. The lowest BCUT2D eigenvalue weighted by Gasteiger charge is -2.32. The van der Waals surface area contributed by atoms with Crippen molar-refractivity contribution in [3.05, 3.63) is 30.1 Å². The first kappa shape index (κ1) is 18.4. The number of hydrogen-bond donors (Lipinski definition) is 1. The van der Waals surface area contributed by atoms with Gasteiger partial charge in [0.15, 0.2) is 0 Å². The highest BCUT2D eigenvalue weighted by molar-refractivity contribution is 5.89. The third kappa shape index (κ3) is 4.49. The third-order valence-electron chi connectivity index (χ3n) is 6.34. The van der Waals surface area contributed by atoms with Crippen molar-refractivity contribution in [2.24, 2.45) is 5.92 Å². The van der Waals surface area contributed by atoms with E-state index in [4.69, 9.17) is 0 Å². The van der Waals surface area contributed by atoms with E-state index in [1.165, 1.54) is 12.8 Å². The number of carbonyl (C=O) groups excluding carboxylic acids is 2. The van der Waals surface area contributed by atoms with Crippen molar-refractivity contribution >= 4 is 11.8 Å². The number of rotatable bonds is 5. The molecular formula is C21H30N4O2. The van der Waals surface area contributed by atoms with Crippen LogP contribution in [0.5, 0.6) is 0 Å². The van der Waals surface area contributed by atoms with Crippen LogP contribution in [0.15, 0.2) is 24.4 Å². The summed E-state index contributed by atoms with van der Waals surface area (Å²) in [4.78, 5) is 33.8. The number of piperidine rings is 1. The Bertz CT molecular complexity index is 651. The SMILES string of the molecule is O=C(NC1CCN(Cc2ccccn2)CC1)C1CC(=O)N(C2CCCC2)C1. The van der Waals surface area contributed by atoms with Gasteiger partial charge in [0.2, 0.25) is 11.8 Å². The number of pyridine rings is 1. The average molecular weight is 370 g/mol. The number of nitrogens with zero attached hydrogens (tertiary/aromatic N) is 3. The highest BCUT2D eigenvalue weighted by Crippen LogP contribution is 2.29. The molecule has 2 amide bonds. The summed E-state index contributed by atoms with van der Waals surface area (Å²) in [5, 5.41) is 3.22. The van der Waals surface area contributed by atoms with Crippen molar-refractivity contribution in [3.63, 3.8) is 0 Å². The molecule has 27 heavy (non-hydrogen) atoms. The Hall–Kier alpha value is -1.95. The molecule has 3 heterocycles. The van der Waals surface area contributed by atoms with E-state index in [0.29, 0.717) is 19.0 Å². The normalized spacial score (nSPS) is 25.3. The fraction of sp³-hybridized carbons (Fsp3) is 0.667. The minimum atomic E-state index is -0.162. The summed E-state index contributed by atoms with van der Waals surface area (Å²) in [7, 11) is 0. The van der Waals surface area contributed by atoms with E-state index in [-0.39, 0.29) is 23.8 Å². The lowest BCUT2D eigenvalue weighted by atomic mass is 10.0. The van der Waals surface area contributed by atoms with E-state index in [0.717, 1.165) is 51.0 Å². The maximum absolute atomic E-state index is 12.7. The molecule has 3 fully saturated rings. The first-order valence-electron chi connectivity index (χ1n) is 10.4. The minimum absolute atomic E-state index is 0.0759. The monoisotopic (exact) mass is 370 g/mol. The molecule has 2 aliphatic heterocycles. The molecule has 6 nitrogen and oxygen atoms in total. The van der Waals surface area contributed by atoms with Gasteiger partial charge in [-0.3, -0.25) is 19.5 Å². The van der Waals surface area contributed by atoms with Crippen molar-refractivity contribution in [2.75, 3.05) is 19.6 Å². The van der Waals surface area contributed by atoms with Gasteiger partial charge in [-0.2, -0.15) is 0 Å². The number of aromatic nitrogens is 1. The summed E-state index contributed by atoms with van der Waals surface area (Å²) in [6.45, 7) is 3.43. The second kappa shape index (κ2) is 8.38.